The fourth-order valence-corrected chi connectivity index (χ4v) is 2.02. The van der Waals surface area contributed by atoms with Gasteiger partial charge in [-0.2, -0.15) is 0 Å². The van der Waals surface area contributed by atoms with E-state index in [0.717, 1.165) is 17.8 Å². The number of guanidine groups is 1. The summed E-state index contributed by atoms with van der Waals surface area (Å²) < 4.78 is 0. The SMILES string of the molecule is Cc1cccc(NC(=O)CCN=C(N)NCCc2ccccn2)n1.I. The highest BCUT2D eigenvalue weighted by atomic mass is 127. The lowest BCUT2D eigenvalue weighted by atomic mass is 10.3. The van der Waals surface area contributed by atoms with E-state index in [-0.39, 0.29) is 36.3 Å². The number of carbonyl (C=O) groups is 1. The summed E-state index contributed by atoms with van der Waals surface area (Å²) in [5.74, 6) is 0.732. The molecule has 0 atom stereocenters. The van der Waals surface area contributed by atoms with E-state index in [2.05, 4.69) is 25.6 Å². The number of anilines is 1. The molecule has 0 aliphatic carbocycles. The van der Waals surface area contributed by atoms with Gasteiger partial charge in [-0.3, -0.25) is 14.8 Å². The first-order valence-electron chi connectivity index (χ1n) is 7.81. The van der Waals surface area contributed by atoms with E-state index in [1.807, 2.05) is 37.3 Å². The molecule has 1 amide bonds. The van der Waals surface area contributed by atoms with Crippen LogP contribution in [0.3, 0.4) is 0 Å². The Morgan fingerprint density at radius 1 is 1.24 bits per heavy atom. The van der Waals surface area contributed by atoms with Gasteiger partial charge in [0.1, 0.15) is 5.82 Å². The maximum Gasteiger partial charge on any atom is 0.227 e. The molecule has 2 aromatic rings. The lowest BCUT2D eigenvalue weighted by molar-refractivity contribution is -0.116. The van der Waals surface area contributed by atoms with Crippen LogP contribution in [0.2, 0.25) is 0 Å². The van der Waals surface area contributed by atoms with Gasteiger partial charge >= 0.3 is 0 Å². The number of aliphatic imine (C=N–C) groups is 1. The van der Waals surface area contributed by atoms with Gasteiger partial charge in [0.25, 0.3) is 0 Å². The number of nitrogens with one attached hydrogen (secondary N) is 2. The van der Waals surface area contributed by atoms with Crippen molar-refractivity contribution in [3.8, 4) is 0 Å². The Bertz CT molecular complexity index is 693. The standard InChI is InChI=1S/C17H22N6O.HI/c1-13-5-4-7-15(22-13)23-16(24)9-12-21-17(18)20-11-8-14-6-2-3-10-19-14;/h2-7,10H,8-9,11-12H2,1H3,(H3,18,20,21)(H,22,23,24);1H. The average molecular weight is 454 g/mol. The highest BCUT2D eigenvalue weighted by Crippen LogP contribution is 2.04. The smallest absolute Gasteiger partial charge is 0.227 e. The Balaban J connectivity index is 0.00000312. The lowest BCUT2D eigenvalue weighted by Crippen LogP contribution is -2.33. The molecule has 2 aromatic heterocycles. The number of aromatic nitrogens is 2. The van der Waals surface area contributed by atoms with Gasteiger partial charge in [0.15, 0.2) is 5.96 Å². The number of nitrogens with two attached hydrogens (primary N) is 1. The second-order valence-electron chi connectivity index (χ2n) is 5.23. The quantitative estimate of drug-likeness (QED) is 0.337. The molecular formula is C17H23IN6O. The van der Waals surface area contributed by atoms with Crippen molar-refractivity contribution in [1.29, 1.82) is 0 Å². The molecule has 0 spiro atoms. The summed E-state index contributed by atoms with van der Waals surface area (Å²) in [6.45, 7) is 2.84. The van der Waals surface area contributed by atoms with Crippen LogP contribution < -0.4 is 16.4 Å². The zero-order valence-corrected chi connectivity index (χ0v) is 16.4. The largest absolute Gasteiger partial charge is 0.370 e. The fourth-order valence-electron chi connectivity index (χ4n) is 2.02. The van der Waals surface area contributed by atoms with E-state index in [9.17, 15) is 4.79 Å². The molecule has 4 N–H and O–H groups in total. The zero-order chi connectivity index (χ0) is 17.2. The van der Waals surface area contributed by atoms with Gasteiger partial charge in [-0.05, 0) is 31.2 Å². The molecule has 0 aromatic carbocycles. The van der Waals surface area contributed by atoms with Gasteiger partial charge in [-0.15, -0.1) is 24.0 Å². The molecular weight excluding hydrogens is 431 g/mol. The van der Waals surface area contributed by atoms with Crippen LogP contribution in [0.5, 0.6) is 0 Å². The maximum atomic E-state index is 11.8. The summed E-state index contributed by atoms with van der Waals surface area (Å²) in [6, 6.07) is 11.3. The Kier molecular flexibility index (Phi) is 9.45. The van der Waals surface area contributed by atoms with Crippen molar-refractivity contribution in [2.24, 2.45) is 10.7 Å². The summed E-state index contributed by atoms with van der Waals surface area (Å²) in [4.78, 5) is 24.4. The molecule has 2 rings (SSSR count). The van der Waals surface area contributed by atoms with E-state index in [0.29, 0.717) is 24.9 Å². The van der Waals surface area contributed by atoms with Gasteiger partial charge in [-0.1, -0.05) is 12.1 Å². The number of nitrogens with zero attached hydrogens (tertiary/aromatic N) is 3. The second-order valence-corrected chi connectivity index (χ2v) is 5.23. The molecule has 2 heterocycles. The van der Waals surface area contributed by atoms with Crippen LogP contribution >= 0.6 is 24.0 Å². The number of hydrogen-bond acceptors (Lipinski definition) is 4. The molecule has 0 fully saturated rings. The summed E-state index contributed by atoms with van der Waals surface area (Å²) in [5.41, 5.74) is 7.61. The molecule has 0 saturated heterocycles. The third-order valence-electron chi connectivity index (χ3n) is 3.19. The van der Waals surface area contributed by atoms with Crippen LogP contribution in [0, 0.1) is 6.92 Å². The molecule has 7 nitrogen and oxygen atoms in total. The van der Waals surface area contributed by atoms with Crippen molar-refractivity contribution in [3.05, 3.63) is 54.0 Å². The number of halogens is 1. The van der Waals surface area contributed by atoms with Crippen LogP contribution in [0.1, 0.15) is 17.8 Å². The average Bonchev–Trinajstić information content (AvgIpc) is 2.56. The molecule has 0 saturated carbocycles. The van der Waals surface area contributed by atoms with Crippen LogP contribution in [0.25, 0.3) is 0 Å². The third kappa shape index (κ3) is 8.43. The lowest BCUT2D eigenvalue weighted by Gasteiger charge is -2.06. The molecule has 0 radical (unpaired) electrons. The summed E-state index contributed by atoms with van der Waals surface area (Å²) in [5, 5.41) is 5.74. The molecule has 25 heavy (non-hydrogen) atoms. The van der Waals surface area contributed by atoms with Crippen molar-refractivity contribution < 1.29 is 4.79 Å². The molecule has 0 bridgehead atoms. The summed E-state index contributed by atoms with van der Waals surface area (Å²) in [6.07, 6.45) is 2.77. The molecule has 0 aliphatic rings. The Morgan fingerprint density at radius 2 is 2.08 bits per heavy atom. The predicted octanol–water partition coefficient (Wildman–Crippen LogP) is 1.88. The van der Waals surface area contributed by atoms with E-state index in [1.165, 1.54) is 0 Å². The maximum absolute atomic E-state index is 11.8. The Morgan fingerprint density at radius 3 is 2.80 bits per heavy atom. The fraction of sp³-hybridized carbons (Fsp3) is 0.294. The number of carbonyl (C=O) groups excluding carboxylic acids is 1. The highest BCUT2D eigenvalue weighted by molar-refractivity contribution is 14.0. The third-order valence-corrected chi connectivity index (χ3v) is 3.19. The van der Waals surface area contributed by atoms with Crippen LogP contribution in [0.15, 0.2) is 47.6 Å². The zero-order valence-electron chi connectivity index (χ0n) is 14.1. The first-order valence-corrected chi connectivity index (χ1v) is 7.81. The molecule has 0 aliphatic heterocycles. The van der Waals surface area contributed by atoms with Gasteiger partial charge in [0.2, 0.25) is 5.91 Å². The normalized spacial score (nSPS) is 10.7. The summed E-state index contributed by atoms with van der Waals surface area (Å²) in [7, 11) is 0. The van der Waals surface area contributed by atoms with Crippen molar-refractivity contribution in [2.75, 3.05) is 18.4 Å². The van der Waals surface area contributed by atoms with E-state index < -0.39 is 0 Å². The minimum Gasteiger partial charge on any atom is -0.370 e. The predicted molar refractivity (Wildman–Crippen MR) is 110 cm³/mol. The number of pyridine rings is 2. The van der Waals surface area contributed by atoms with Crippen LogP contribution in [0.4, 0.5) is 5.82 Å². The minimum absolute atomic E-state index is 0. The van der Waals surface area contributed by atoms with Gasteiger partial charge in [-0.25, -0.2) is 4.98 Å². The molecule has 0 unspecified atom stereocenters. The van der Waals surface area contributed by atoms with Crippen LogP contribution in [-0.4, -0.2) is 34.9 Å². The Hall–Kier alpha value is -2.23. The molecule has 8 heteroatoms. The van der Waals surface area contributed by atoms with Crippen LogP contribution in [-0.2, 0) is 11.2 Å². The topological polar surface area (TPSA) is 105 Å². The van der Waals surface area contributed by atoms with E-state index in [4.69, 9.17) is 5.73 Å². The number of aryl methyl sites for hydroxylation is 1. The monoisotopic (exact) mass is 454 g/mol. The van der Waals surface area contributed by atoms with Gasteiger partial charge in [0.05, 0.1) is 6.54 Å². The van der Waals surface area contributed by atoms with E-state index in [1.54, 1.807) is 12.3 Å². The second kappa shape index (κ2) is 11.3. The number of hydrogen-bond donors (Lipinski definition) is 3. The van der Waals surface area contributed by atoms with Crippen molar-refractivity contribution >= 4 is 41.7 Å². The van der Waals surface area contributed by atoms with Gasteiger partial charge in [0, 0.05) is 37.0 Å². The van der Waals surface area contributed by atoms with E-state index >= 15 is 0 Å². The first-order chi connectivity index (χ1) is 11.6. The first kappa shape index (κ1) is 20.8. The van der Waals surface area contributed by atoms with Gasteiger partial charge < -0.3 is 16.4 Å². The number of amides is 1. The Labute approximate surface area is 164 Å². The number of rotatable bonds is 7. The summed E-state index contributed by atoms with van der Waals surface area (Å²) >= 11 is 0. The minimum atomic E-state index is -0.141. The van der Waals surface area contributed by atoms with Crippen molar-refractivity contribution in [1.82, 2.24) is 15.3 Å². The van der Waals surface area contributed by atoms with Crippen molar-refractivity contribution in [3.63, 3.8) is 0 Å². The highest BCUT2D eigenvalue weighted by Gasteiger charge is 2.03. The van der Waals surface area contributed by atoms with Crippen molar-refractivity contribution in [2.45, 2.75) is 19.8 Å². The molecule has 134 valence electrons.